The number of carbonyl (C=O) groups is 1. The van der Waals surface area contributed by atoms with E-state index in [1.165, 1.54) is 5.56 Å². The molecule has 2 aliphatic rings. The number of imidazole rings is 1. The molecule has 1 aromatic heterocycles. The van der Waals surface area contributed by atoms with E-state index in [-0.39, 0.29) is 17.6 Å². The zero-order chi connectivity index (χ0) is 22.6. The third-order valence-corrected chi connectivity index (χ3v) is 6.66. The molecule has 1 amide bonds. The van der Waals surface area contributed by atoms with Gasteiger partial charge >= 0.3 is 5.69 Å². The second-order valence-electron chi connectivity index (χ2n) is 8.96. The maximum absolute atomic E-state index is 12.6. The zero-order valence-corrected chi connectivity index (χ0v) is 18.8. The number of anilines is 1. The van der Waals surface area contributed by atoms with Gasteiger partial charge in [-0.05, 0) is 42.7 Å². The van der Waals surface area contributed by atoms with E-state index in [1.807, 2.05) is 41.0 Å². The highest BCUT2D eigenvalue weighted by atomic mass is 16.5. The molecule has 0 spiro atoms. The number of amides is 1. The summed E-state index contributed by atoms with van der Waals surface area (Å²) < 4.78 is 7.28. The number of para-hydroxylation sites is 2. The Morgan fingerprint density at radius 2 is 1.70 bits per heavy atom. The van der Waals surface area contributed by atoms with Crippen LogP contribution in [0.5, 0.6) is 0 Å². The number of nitrogens with one attached hydrogen (secondary N) is 2. The molecular weight excluding hydrogens is 418 g/mol. The number of aromatic nitrogens is 2. The summed E-state index contributed by atoms with van der Waals surface area (Å²) in [5.41, 5.74) is 3.84. The van der Waals surface area contributed by atoms with Crippen molar-refractivity contribution in [3.63, 3.8) is 0 Å². The smallest absolute Gasteiger partial charge is 0.326 e. The second kappa shape index (κ2) is 9.91. The minimum atomic E-state index is -0.0514. The maximum Gasteiger partial charge on any atom is 0.326 e. The van der Waals surface area contributed by atoms with Gasteiger partial charge in [-0.1, -0.05) is 24.3 Å². The third-order valence-electron chi connectivity index (χ3n) is 6.66. The minimum absolute atomic E-state index is 0.00126. The molecule has 2 aliphatic heterocycles. The van der Waals surface area contributed by atoms with E-state index >= 15 is 0 Å². The normalized spacial score (nSPS) is 18.5. The Morgan fingerprint density at radius 3 is 2.45 bits per heavy atom. The number of rotatable bonds is 6. The molecular formula is C25H31N5O3. The number of hydrogen-bond donors (Lipinski definition) is 2. The topological polar surface area (TPSA) is 82.6 Å². The molecule has 2 fully saturated rings. The number of carbonyl (C=O) groups excluding carboxylic acids is 1. The van der Waals surface area contributed by atoms with Crippen LogP contribution in [0.4, 0.5) is 5.69 Å². The van der Waals surface area contributed by atoms with E-state index in [0.717, 1.165) is 75.5 Å². The number of H-pyrrole nitrogens is 1. The van der Waals surface area contributed by atoms with Crippen LogP contribution in [-0.2, 0) is 16.1 Å². The Hall–Kier alpha value is -2.94. The number of piperidine rings is 1. The molecule has 0 unspecified atom stereocenters. The van der Waals surface area contributed by atoms with Crippen molar-refractivity contribution >= 4 is 22.6 Å². The van der Waals surface area contributed by atoms with Gasteiger partial charge in [0, 0.05) is 44.5 Å². The van der Waals surface area contributed by atoms with E-state index in [1.54, 1.807) is 0 Å². The molecule has 0 atom stereocenters. The highest BCUT2D eigenvalue weighted by Gasteiger charge is 2.24. The first-order chi connectivity index (χ1) is 16.2. The SMILES string of the molecule is O=C(CN1CCC(n2c(=O)[nH]c3ccccc32)CC1)Nc1ccc(CN2CCOCC2)cc1. The van der Waals surface area contributed by atoms with E-state index in [4.69, 9.17) is 4.74 Å². The van der Waals surface area contributed by atoms with Crippen molar-refractivity contribution in [2.24, 2.45) is 0 Å². The van der Waals surface area contributed by atoms with E-state index in [0.29, 0.717) is 6.54 Å². The van der Waals surface area contributed by atoms with Gasteiger partial charge in [0.05, 0.1) is 30.8 Å². The Labute approximate surface area is 193 Å². The summed E-state index contributed by atoms with van der Waals surface area (Å²) in [5.74, 6) is -0.00126. The van der Waals surface area contributed by atoms with Crippen molar-refractivity contribution in [2.45, 2.75) is 25.4 Å². The van der Waals surface area contributed by atoms with Crippen LogP contribution < -0.4 is 11.0 Å². The number of hydrogen-bond acceptors (Lipinski definition) is 5. The molecule has 0 aliphatic carbocycles. The lowest BCUT2D eigenvalue weighted by Gasteiger charge is -2.32. The molecule has 2 N–H and O–H groups in total. The molecule has 3 aromatic rings. The Bertz CT molecular complexity index is 1140. The quantitative estimate of drug-likeness (QED) is 0.604. The van der Waals surface area contributed by atoms with E-state index in [9.17, 15) is 9.59 Å². The Kier molecular flexibility index (Phi) is 6.57. The van der Waals surface area contributed by atoms with Crippen LogP contribution in [0.1, 0.15) is 24.4 Å². The van der Waals surface area contributed by atoms with Crippen molar-refractivity contribution < 1.29 is 9.53 Å². The fourth-order valence-electron chi connectivity index (χ4n) is 4.89. The number of likely N-dealkylation sites (tertiary alicyclic amines) is 1. The number of benzene rings is 2. The summed E-state index contributed by atoms with van der Waals surface area (Å²) in [6.07, 6.45) is 1.70. The first kappa shape index (κ1) is 21.9. The van der Waals surface area contributed by atoms with Crippen molar-refractivity contribution in [2.75, 3.05) is 51.3 Å². The zero-order valence-electron chi connectivity index (χ0n) is 18.8. The average Bonchev–Trinajstić information content (AvgIpc) is 3.17. The molecule has 174 valence electrons. The van der Waals surface area contributed by atoms with Gasteiger partial charge in [-0.15, -0.1) is 0 Å². The highest BCUT2D eigenvalue weighted by molar-refractivity contribution is 5.92. The number of fused-ring (bicyclic) bond motifs is 1. The van der Waals surface area contributed by atoms with Gasteiger partial charge in [-0.3, -0.25) is 19.2 Å². The van der Waals surface area contributed by atoms with Crippen LogP contribution in [0.15, 0.2) is 53.3 Å². The Morgan fingerprint density at radius 1 is 0.970 bits per heavy atom. The minimum Gasteiger partial charge on any atom is -0.379 e. The van der Waals surface area contributed by atoms with Gasteiger partial charge in [0.15, 0.2) is 0 Å². The predicted molar refractivity (Wildman–Crippen MR) is 128 cm³/mol. The fraction of sp³-hybridized carbons (Fsp3) is 0.440. The lowest BCUT2D eigenvalue weighted by atomic mass is 10.0. The largest absolute Gasteiger partial charge is 0.379 e. The van der Waals surface area contributed by atoms with Crippen molar-refractivity contribution in [1.29, 1.82) is 0 Å². The van der Waals surface area contributed by atoms with Crippen molar-refractivity contribution in [1.82, 2.24) is 19.4 Å². The van der Waals surface area contributed by atoms with Crippen LogP contribution in [0.25, 0.3) is 11.0 Å². The van der Waals surface area contributed by atoms with Crippen molar-refractivity contribution in [3.05, 3.63) is 64.6 Å². The molecule has 0 radical (unpaired) electrons. The fourth-order valence-corrected chi connectivity index (χ4v) is 4.89. The summed E-state index contributed by atoms with van der Waals surface area (Å²) in [5, 5.41) is 3.02. The Balaban J connectivity index is 1.11. The van der Waals surface area contributed by atoms with Crippen molar-refractivity contribution in [3.8, 4) is 0 Å². The lowest BCUT2D eigenvalue weighted by Crippen LogP contribution is -2.41. The van der Waals surface area contributed by atoms with Crippen LogP contribution in [-0.4, -0.2) is 71.2 Å². The molecule has 2 saturated heterocycles. The first-order valence-corrected chi connectivity index (χ1v) is 11.8. The predicted octanol–water partition coefficient (Wildman–Crippen LogP) is 2.44. The molecule has 0 bridgehead atoms. The van der Waals surface area contributed by atoms with Gasteiger partial charge in [-0.25, -0.2) is 4.79 Å². The maximum atomic E-state index is 12.6. The molecule has 8 heteroatoms. The number of aromatic amines is 1. The highest BCUT2D eigenvalue weighted by Crippen LogP contribution is 2.24. The molecule has 2 aromatic carbocycles. The van der Waals surface area contributed by atoms with Crippen LogP contribution in [0.2, 0.25) is 0 Å². The number of morpholine rings is 1. The average molecular weight is 450 g/mol. The van der Waals surface area contributed by atoms with E-state index < -0.39 is 0 Å². The number of ether oxygens (including phenoxy) is 1. The summed E-state index contributed by atoms with van der Waals surface area (Å²) in [6.45, 7) is 6.38. The summed E-state index contributed by atoms with van der Waals surface area (Å²) in [4.78, 5) is 32.5. The van der Waals surface area contributed by atoms with Gasteiger partial charge < -0.3 is 15.0 Å². The lowest BCUT2D eigenvalue weighted by molar-refractivity contribution is -0.117. The monoisotopic (exact) mass is 449 g/mol. The van der Waals surface area contributed by atoms with Crippen LogP contribution in [0, 0.1) is 0 Å². The molecule has 33 heavy (non-hydrogen) atoms. The molecule has 5 rings (SSSR count). The second-order valence-corrected chi connectivity index (χ2v) is 8.96. The van der Waals surface area contributed by atoms with Gasteiger partial charge in [0.25, 0.3) is 0 Å². The molecule has 3 heterocycles. The third kappa shape index (κ3) is 5.19. The standard InChI is InChI=1S/C25H31N5O3/c31-24(26-20-7-5-19(6-8-20)17-29-13-15-33-16-14-29)18-28-11-9-21(10-12-28)30-23-4-2-1-3-22(23)27-25(30)32/h1-8,21H,9-18H2,(H,26,31)(H,27,32). The van der Waals surface area contributed by atoms with Gasteiger partial charge in [0.2, 0.25) is 5.91 Å². The van der Waals surface area contributed by atoms with Crippen LogP contribution in [0.3, 0.4) is 0 Å². The summed E-state index contributed by atoms with van der Waals surface area (Å²) >= 11 is 0. The summed E-state index contributed by atoms with van der Waals surface area (Å²) in [6, 6.07) is 16.1. The molecule has 8 nitrogen and oxygen atoms in total. The van der Waals surface area contributed by atoms with Gasteiger partial charge in [0.1, 0.15) is 0 Å². The van der Waals surface area contributed by atoms with E-state index in [2.05, 4.69) is 32.2 Å². The molecule has 0 saturated carbocycles. The number of nitrogens with zero attached hydrogens (tertiary/aromatic N) is 3. The summed E-state index contributed by atoms with van der Waals surface area (Å²) in [7, 11) is 0. The first-order valence-electron chi connectivity index (χ1n) is 11.8. The van der Waals surface area contributed by atoms with Gasteiger partial charge in [-0.2, -0.15) is 0 Å². The van der Waals surface area contributed by atoms with Crippen LogP contribution >= 0.6 is 0 Å².